The number of ether oxygens (including phenoxy) is 1. The normalized spacial score (nSPS) is 21.7. The van der Waals surface area contributed by atoms with Gasteiger partial charge in [0.2, 0.25) is 5.91 Å². The van der Waals surface area contributed by atoms with E-state index in [1.165, 1.54) is 0 Å². The molecule has 0 aromatic heterocycles. The van der Waals surface area contributed by atoms with Gasteiger partial charge in [0.1, 0.15) is 5.75 Å². The summed E-state index contributed by atoms with van der Waals surface area (Å²) in [4.78, 5) is 37.9. The number of carboxylic acid groups (broad SMARTS) is 1. The molecule has 1 fully saturated rings. The minimum absolute atomic E-state index is 0.0212. The number of aliphatic carboxylic acids is 1. The Morgan fingerprint density at radius 3 is 2.00 bits per heavy atom. The second kappa shape index (κ2) is 10.2. The topological polar surface area (TPSA) is 92.7 Å². The number of amides is 1. The van der Waals surface area contributed by atoms with E-state index >= 15 is 0 Å². The Kier molecular flexibility index (Phi) is 6.45. The van der Waals surface area contributed by atoms with E-state index < -0.39 is 35.6 Å². The number of carboxylic acids is 1. The molecule has 1 aliphatic carbocycles. The molecule has 0 saturated heterocycles. The van der Waals surface area contributed by atoms with E-state index in [1.807, 2.05) is 91.0 Å². The third kappa shape index (κ3) is 4.70. The lowest BCUT2D eigenvalue weighted by Crippen LogP contribution is -2.52. The van der Waals surface area contributed by atoms with Crippen molar-refractivity contribution in [3.8, 4) is 16.9 Å². The lowest BCUT2D eigenvalue weighted by molar-refractivity contribution is -0.158. The summed E-state index contributed by atoms with van der Waals surface area (Å²) < 4.78 is 5.95. The zero-order valence-electron chi connectivity index (χ0n) is 21.1. The second-order valence-electron chi connectivity index (χ2n) is 10.1. The molecule has 194 valence electrons. The first-order valence-corrected chi connectivity index (χ1v) is 13.1. The van der Waals surface area contributed by atoms with Gasteiger partial charge in [-0.25, -0.2) is 0 Å². The van der Waals surface area contributed by atoms with Crippen molar-refractivity contribution in [2.75, 3.05) is 5.32 Å². The highest BCUT2D eigenvalue weighted by atomic mass is 16.5. The molecule has 4 atom stereocenters. The van der Waals surface area contributed by atoms with Crippen molar-refractivity contribution in [1.29, 1.82) is 0 Å². The second-order valence-corrected chi connectivity index (χ2v) is 10.1. The van der Waals surface area contributed by atoms with Crippen LogP contribution < -0.4 is 10.1 Å². The maximum atomic E-state index is 13.7. The first-order valence-electron chi connectivity index (χ1n) is 13.1. The van der Waals surface area contributed by atoms with Gasteiger partial charge in [-0.3, -0.25) is 14.4 Å². The van der Waals surface area contributed by atoms with Crippen LogP contribution in [-0.2, 0) is 20.8 Å². The van der Waals surface area contributed by atoms with Crippen LogP contribution >= 0.6 is 0 Å². The van der Waals surface area contributed by atoms with Crippen LogP contribution in [0.1, 0.15) is 34.9 Å². The molecule has 1 aliphatic heterocycles. The fraction of sp³-hybridized carbons (Fsp3) is 0.182. The molecule has 6 heteroatoms. The summed E-state index contributed by atoms with van der Waals surface area (Å²) in [5.74, 6) is -3.33. The van der Waals surface area contributed by atoms with Gasteiger partial charge in [-0.15, -0.1) is 0 Å². The lowest BCUT2D eigenvalue weighted by Gasteiger charge is -2.48. The molecule has 1 saturated carbocycles. The summed E-state index contributed by atoms with van der Waals surface area (Å²) in [5, 5.41) is 13.1. The van der Waals surface area contributed by atoms with Gasteiger partial charge in [0, 0.05) is 23.9 Å². The third-order valence-electron chi connectivity index (χ3n) is 7.86. The van der Waals surface area contributed by atoms with Gasteiger partial charge in [0.15, 0.2) is 0 Å². The van der Waals surface area contributed by atoms with Gasteiger partial charge < -0.3 is 15.2 Å². The van der Waals surface area contributed by atoms with Gasteiger partial charge in [-0.05, 0) is 58.5 Å². The molecule has 4 aromatic carbocycles. The number of fused-ring (bicyclic) bond motifs is 1. The number of hydrogen-bond donors (Lipinski definition) is 2. The van der Waals surface area contributed by atoms with Crippen LogP contribution in [0, 0.1) is 11.8 Å². The summed E-state index contributed by atoms with van der Waals surface area (Å²) in [6.45, 7) is 0. The summed E-state index contributed by atoms with van der Waals surface area (Å²) in [7, 11) is 0. The van der Waals surface area contributed by atoms with Crippen LogP contribution in [0.3, 0.4) is 0 Å². The molecule has 1 heterocycles. The molecule has 0 bridgehead atoms. The Bertz CT molecular complexity index is 1500. The number of carbonyl (C=O) groups is 3. The molecule has 6 nitrogen and oxygen atoms in total. The molecule has 4 aromatic rings. The van der Waals surface area contributed by atoms with Crippen LogP contribution in [0.4, 0.5) is 5.69 Å². The number of benzene rings is 4. The van der Waals surface area contributed by atoms with Gasteiger partial charge in [0.05, 0.1) is 11.8 Å². The van der Waals surface area contributed by atoms with E-state index in [4.69, 9.17) is 4.74 Å². The number of carbonyl (C=O) groups excluding carboxylic acids is 2. The maximum absolute atomic E-state index is 13.7. The Morgan fingerprint density at radius 2 is 1.36 bits per heavy atom. The molecule has 6 rings (SSSR count). The van der Waals surface area contributed by atoms with Crippen LogP contribution in [0.2, 0.25) is 0 Å². The van der Waals surface area contributed by atoms with Crippen LogP contribution in [0.15, 0.2) is 103 Å². The average molecular weight is 518 g/mol. The zero-order valence-corrected chi connectivity index (χ0v) is 21.1. The number of hydrogen-bond acceptors (Lipinski definition) is 4. The SMILES string of the molecule is O=C1CCc2cc(-c3cccc(OC(=O)[C@H]4C(c5ccccc5)[C@H](C(=O)O)[C@H]4c4ccccc4)c3)ccc2N1. The van der Waals surface area contributed by atoms with Gasteiger partial charge in [-0.1, -0.05) is 78.9 Å². The zero-order chi connectivity index (χ0) is 26.9. The monoisotopic (exact) mass is 517 g/mol. The lowest BCUT2D eigenvalue weighted by atomic mass is 9.52. The van der Waals surface area contributed by atoms with Crippen molar-refractivity contribution in [2.24, 2.45) is 11.8 Å². The average Bonchev–Trinajstić information content (AvgIpc) is 2.93. The summed E-state index contributed by atoms with van der Waals surface area (Å²) >= 11 is 0. The Morgan fingerprint density at radius 1 is 0.718 bits per heavy atom. The Hall–Kier alpha value is -4.71. The largest absolute Gasteiger partial charge is 0.481 e. The van der Waals surface area contributed by atoms with E-state index in [1.54, 1.807) is 6.07 Å². The smallest absolute Gasteiger partial charge is 0.315 e. The number of esters is 1. The fourth-order valence-corrected chi connectivity index (χ4v) is 6.01. The van der Waals surface area contributed by atoms with Crippen molar-refractivity contribution < 1.29 is 24.2 Å². The summed E-state index contributed by atoms with van der Waals surface area (Å²) in [6, 6.07) is 31.9. The van der Waals surface area contributed by atoms with Gasteiger partial charge >= 0.3 is 11.9 Å². The van der Waals surface area contributed by atoms with Crippen molar-refractivity contribution in [1.82, 2.24) is 0 Å². The molecule has 2 N–H and O–H groups in total. The maximum Gasteiger partial charge on any atom is 0.315 e. The molecule has 0 spiro atoms. The first-order chi connectivity index (χ1) is 19.0. The van der Waals surface area contributed by atoms with E-state index in [-0.39, 0.29) is 5.91 Å². The van der Waals surface area contributed by atoms with Crippen molar-refractivity contribution in [3.05, 3.63) is 120 Å². The molecule has 39 heavy (non-hydrogen) atoms. The standard InChI is InChI=1S/C33H27NO5/c35-27-17-15-24-18-23(14-16-26(24)34-27)22-12-7-13-25(19-22)39-33(38)31-28(20-8-3-1-4-9-20)30(32(36)37)29(31)21-10-5-2-6-11-21/h1-14,16,18-19,28-31H,15,17H2,(H,34,35)(H,36,37)/t28-,29?,30-,31-/m1/s1. The van der Waals surface area contributed by atoms with Crippen LogP contribution in [0.25, 0.3) is 11.1 Å². The summed E-state index contributed by atoms with van der Waals surface area (Å²) in [6.07, 6.45) is 1.13. The molecule has 0 radical (unpaired) electrons. The quantitative estimate of drug-likeness (QED) is 0.240. The van der Waals surface area contributed by atoms with Crippen molar-refractivity contribution >= 4 is 23.5 Å². The minimum atomic E-state index is -0.924. The highest BCUT2D eigenvalue weighted by molar-refractivity contribution is 5.94. The highest BCUT2D eigenvalue weighted by Crippen LogP contribution is 2.58. The molecule has 1 unspecified atom stereocenters. The highest BCUT2D eigenvalue weighted by Gasteiger charge is 2.59. The molecule has 1 amide bonds. The number of nitrogens with one attached hydrogen (secondary N) is 1. The van der Waals surface area contributed by atoms with Crippen LogP contribution in [-0.4, -0.2) is 23.0 Å². The number of rotatable bonds is 6. The number of anilines is 1. The first kappa shape index (κ1) is 24.6. The number of aryl methyl sites for hydroxylation is 1. The predicted molar refractivity (Wildman–Crippen MR) is 147 cm³/mol. The van der Waals surface area contributed by atoms with Crippen molar-refractivity contribution in [2.45, 2.75) is 24.7 Å². The molecule has 2 aliphatic rings. The van der Waals surface area contributed by atoms with Gasteiger partial charge in [0.25, 0.3) is 0 Å². The summed E-state index contributed by atoms with van der Waals surface area (Å²) in [5.41, 5.74) is 5.37. The predicted octanol–water partition coefficient (Wildman–Crippen LogP) is 6.04. The van der Waals surface area contributed by atoms with Crippen LogP contribution in [0.5, 0.6) is 5.75 Å². The molecular weight excluding hydrogens is 490 g/mol. The van der Waals surface area contributed by atoms with E-state index in [0.717, 1.165) is 33.5 Å². The van der Waals surface area contributed by atoms with E-state index in [0.29, 0.717) is 18.6 Å². The Labute approximate surface area is 226 Å². The molecular formula is C33H27NO5. The fourth-order valence-electron chi connectivity index (χ4n) is 6.01. The Balaban J connectivity index is 1.30. The van der Waals surface area contributed by atoms with E-state index in [2.05, 4.69) is 11.4 Å². The van der Waals surface area contributed by atoms with E-state index in [9.17, 15) is 19.5 Å². The van der Waals surface area contributed by atoms with Gasteiger partial charge in [-0.2, -0.15) is 0 Å². The van der Waals surface area contributed by atoms with Crippen molar-refractivity contribution in [3.63, 3.8) is 0 Å². The third-order valence-corrected chi connectivity index (χ3v) is 7.86. The minimum Gasteiger partial charge on any atom is -0.481 e.